The third kappa shape index (κ3) is 4.58. The van der Waals surface area contributed by atoms with Crippen molar-refractivity contribution in [2.45, 2.75) is 6.54 Å². The summed E-state index contributed by atoms with van der Waals surface area (Å²) < 4.78 is 17.0. The number of nitrogens with one attached hydrogen (secondary N) is 1. The molecule has 0 spiro atoms. The first-order valence-electron chi connectivity index (χ1n) is 8.77. The Morgan fingerprint density at radius 1 is 1.14 bits per heavy atom. The molecule has 0 aliphatic carbocycles. The van der Waals surface area contributed by atoms with E-state index in [1.807, 2.05) is 36.5 Å². The molecule has 29 heavy (non-hydrogen) atoms. The lowest BCUT2D eigenvalue weighted by Crippen LogP contribution is -1.99. The molecule has 0 bridgehead atoms. The molecular weight excluding hydrogens is 389 g/mol. The number of nitrogens with zero attached hydrogens (tertiary/aromatic N) is 6. The van der Waals surface area contributed by atoms with Crippen molar-refractivity contribution < 1.29 is 4.39 Å². The van der Waals surface area contributed by atoms with Crippen LogP contribution >= 0.6 is 12.2 Å². The first-order chi connectivity index (χ1) is 14.2. The van der Waals surface area contributed by atoms with Gasteiger partial charge in [0.05, 0.1) is 12.7 Å². The molecule has 1 N–H and O–H groups in total. The molecule has 0 fully saturated rings. The maximum atomic E-state index is 13.5. The van der Waals surface area contributed by atoms with E-state index in [4.69, 9.17) is 12.2 Å². The van der Waals surface area contributed by atoms with E-state index < -0.39 is 0 Å². The Morgan fingerprint density at radius 3 is 2.83 bits per heavy atom. The van der Waals surface area contributed by atoms with Gasteiger partial charge in [0.2, 0.25) is 4.77 Å². The van der Waals surface area contributed by atoms with Gasteiger partial charge in [0, 0.05) is 11.8 Å². The number of aromatic amines is 1. The fourth-order valence-corrected chi connectivity index (χ4v) is 2.88. The van der Waals surface area contributed by atoms with E-state index in [0.29, 0.717) is 28.4 Å². The maximum Gasteiger partial charge on any atom is 0.216 e. The highest BCUT2D eigenvalue weighted by molar-refractivity contribution is 7.71. The van der Waals surface area contributed by atoms with E-state index in [0.717, 1.165) is 5.56 Å². The molecule has 0 atom stereocenters. The molecule has 0 saturated heterocycles. The number of rotatable bonds is 6. The van der Waals surface area contributed by atoms with Crippen LogP contribution in [-0.4, -0.2) is 36.1 Å². The summed E-state index contributed by atoms with van der Waals surface area (Å²) >= 11 is 5.20. The Kier molecular flexibility index (Phi) is 5.48. The molecule has 144 valence electrons. The van der Waals surface area contributed by atoms with E-state index in [1.165, 1.54) is 16.8 Å². The van der Waals surface area contributed by atoms with Crippen LogP contribution in [0.25, 0.3) is 17.5 Å². The van der Waals surface area contributed by atoms with Crippen molar-refractivity contribution in [1.82, 2.24) is 29.9 Å². The van der Waals surface area contributed by atoms with Crippen LogP contribution in [0.2, 0.25) is 0 Å². The predicted molar refractivity (Wildman–Crippen MR) is 111 cm³/mol. The zero-order valence-electron chi connectivity index (χ0n) is 15.2. The molecule has 0 saturated carbocycles. The van der Waals surface area contributed by atoms with Crippen LogP contribution in [0.5, 0.6) is 0 Å². The minimum atomic E-state index is -0.356. The second kappa shape index (κ2) is 8.53. The van der Waals surface area contributed by atoms with Crippen molar-refractivity contribution in [3.63, 3.8) is 0 Å². The van der Waals surface area contributed by atoms with Crippen LogP contribution in [0.3, 0.4) is 0 Å². The highest BCUT2D eigenvalue weighted by atomic mass is 32.1. The zero-order chi connectivity index (χ0) is 20.1. The molecule has 0 amide bonds. The van der Waals surface area contributed by atoms with Crippen LogP contribution in [-0.2, 0) is 6.54 Å². The second-order valence-corrected chi connectivity index (χ2v) is 6.51. The average Bonchev–Trinajstić information content (AvgIpc) is 3.32. The number of hydrogen-bond acceptors (Lipinski definition) is 5. The summed E-state index contributed by atoms with van der Waals surface area (Å²) in [6, 6.07) is 16.1. The van der Waals surface area contributed by atoms with Crippen LogP contribution in [0.1, 0.15) is 11.3 Å². The first-order valence-corrected chi connectivity index (χ1v) is 9.18. The molecule has 0 radical (unpaired) electrons. The molecule has 7 nitrogen and oxygen atoms in total. The summed E-state index contributed by atoms with van der Waals surface area (Å²) in [4.78, 5) is 0. The molecule has 2 aromatic heterocycles. The lowest BCUT2D eigenvalue weighted by Gasteiger charge is -2.00. The van der Waals surface area contributed by atoms with Gasteiger partial charge in [-0.2, -0.15) is 14.9 Å². The number of aromatic nitrogens is 6. The van der Waals surface area contributed by atoms with Gasteiger partial charge in [0.25, 0.3) is 0 Å². The summed E-state index contributed by atoms with van der Waals surface area (Å²) in [5.41, 5.74) is 2.42. The van der Waals surface area contributed by atoms with Gasteiger partial charge in [0.15, 0.2) is 5.82 Å². The number of allylic oxidation sites excluding steroid dienone is 1. The molecule has 0 unspecified atom stereocenters. The van der Waals surface area contributed by atoms with E-state index in [-0.39, 0.29) is 5.82 Å². The fraction of sp³-hybridized carbons (Fsp3) is 0.0500. The van der Waals surface area contributed by atoms with Crippen LogP contribution < -0.4 is 0 Å². The number of H-pyrrole nitrogens is 1. The third-order valence-corrected chi connectivity index (χ3v) is 4.28. The summed E-state index contributed by atoms with van der Waals surface area (Å²) in [7, 11) is 0. The summed E-state index contributed by atoms with van der Waals surface area (Å²) in [6.45, 7) is 0.650. The number of benzene rings is 2. The highest BCUT2D eigenvalue weighted by Gasteiger charge is 2.08. The first kappa shape index (κ1) is 18.6. The quantitative estimate of drug-likeness (QED) is 0.389. The number of hydrogen-bond donors (Lipinski definition) is 1. The van der Waals surface area contributed by atoms with Gasteiger partial charge in [0.1, 0.15) is 11.5 Å². The topological polar surface area (TPSA) is 76.7 Å². The summed E-state index contributed by atoms with van der Waals surface area (Å²) in [5.74, 6) is 0.0680. The van der Waals surface area contributed by atoms with Crippen LogP contribution in [0, 0.1) is 10.6 Å². The Morgan fingerprint density at radius 2 is 2.00 bits per heavy atom. The molecule has 4 aromatic rings. The van der Waals surface area contributed by atoms with Gasteiger partial charge in [-0.3, -0.25) is 0 Å². The van der Waals surface area contributed by atoms with Gasteiger partial charge in [-0.15, -0.1) is 5.10 Å². The van der Waals surface area contributed by atoms with Gasteiger partial charge in [-0.1, -0.05) is 47.7 Å². The molecular formula is C20H16FN7S. The van der Waals surface area contributed by atoms with E-state index in [2.05, 4.69) is 25.6 Å². The lowest BCUT2D eigenvalue weighted by atomic mass is 10.2. The Bertz CT molecular complexity index is 1220. The van der Waals surface area contributed by atoms with Gasteiger partial charge in [-0.25, -0.2) is 14.2 Å². The summed E-state index contributed by atoms with van der Waals surface area (Å²) in [5, 5.41) is 19.3. The van der Waals surface area contributed by atoms with Crippen LogP contribution in [0.4, 0.5) is 4.39 Å². The molecule has 2 aromatic carbocycles. The minimum Gasteiger partial charge on any atom is -0.250 e. The van der Waals surface area contributed by atoms with Gasteiger partial charge < -0.3 is 0 Å². The lowest BCUT2D eigenvalue weighted by molar-refractivity contribution is 0.628. The normalized spacial score (nSPS) is 11.6. The molecule has 0 aliphatic heterocycles. The minimum absolute atomic E-state index is 0.308. The zero-order valence-corrected chi connectivity index (χ0v) is 16.0. The number of halogens is 1. The van der Waals surface area contributed by atoms with E-state index in [1.54, 1.807) is 35.2 Å². The maximum absolute atomic E-state index is 13.5. The standard InChI is InChI=1S/C20H16FN7S/c21-17-9-4-8-16(12-17)19-24-25-20(29)28(19)22-11-5-10-18-14-27(26-23-18)13-15-6-2-1-3-7-15/h1-12,14H,13H2,(H,25,29)/b10-5+,22-11-. The Labute approximate surface area is 170 Å². The molecule has 2 heterocycles. The fourth-order valence-electron chi connectivity index (χ4n) is 2.70. The third-order valence-electron chi connectivity index (χ3n) is 4.01. The largest absolute Gasteiger partial charge is 0.250 e. The van der Waals surface area contributed by atoms with Gasteiger partial charge in [-0.05, 0) is 42.1 Å². The van der Waals surface area contributed by atoms with E-state index >= 15 is 0 Å². The van der Waals surface area contributed by atoms with Crippen molar-refractivity contribution in [2.24, 2.45) is 5.10 Å². The highest BCUT2D eigenvalue weighted by Crippen LogP contribution is 2.18. The van der Waals surface area contributed by atoms with E-state index in [9.17, 15) is 4.39 Å². The van der Waals surface area contributed by atoms with Crippen LogP contribution in [0.15, 0.2) is 72.0 Å². The van der Waals surface area contributed by atoms with Crippen molar-refractivity contribution >= 4 is 24.5 Å². The Balaban J connectivity index is 1.47. The predicted octanol–water partition coefficient (Wildman–Crippen LogP) is 3.93. The average molecular weight is 405 g/mol. The van der Waals surface area contributed by atoms with Crippen molar-refractivity contribution in [3.8, 4) is 11.4 Å². The van der Waals surface area contributed by atoms with Crippen molar-refractivity contribution in [2.75, 3.05) is 0 Å². The SMILES string of the molecule is Fc1cccc(-c2n[nH]c(=S)n2/N=C\C=C\c2cn(Cc3ccccc3)nn2)c1. The molecule has 0 aliphatic rings. The van der Waals surface area contributed by atoms with Crippen molar-refractivity contribution in [3.05, 3.63) is 88.7 Å². The van der Waals surface area contributed by atoms with Crippen molar-refractivity contribution in [1.29, 1.82) is 0 Å². The summed E-state index contributed by atoms with van der Waals surface area (Å²) in [6.07, 6.45) is 6.91. The Hall–Kier alpha value is -3.72. The van der Waals surface area contributed by atoms with Gasteiger partial charge >= 0.3 is 0 Å². The monoisotopic (exact) mass is 405 g/mol. The molecule has 9 heteroatoms. The molecule has 4 rings (SSSR count). The second-order valence-electron chi connectivity index (χ2n) is 6.12. The smallest absolute Gasteiger partial charge is 0.216 e.